The van der Waals surface area contributed by atoms with Gasteiger partial charge >= 0.3 is 0 Å². The van der Waals surface area contributed by atoms with Gasteiger partial charge in [-0.3, -0.25) is 4.98 Å². The van der Waals surface area contributed by atoms with Crippen LogP contribution in [0, 0.1) is 12.8 Å². The van der Waals surface area contributed by atoms with E-state index >= 15 is 0 Å². The molecule has 3 heteroatoms. The van der Waals surface area contributed by atoms with Crippen molar-refractivity contribution in [3.63, 3.8) is 0 Å². The van der Waals surface area contributed by atoms with Gasteiger partial charge in [0.25, 0.3) is 0 Å². The van der Waals surface area contributed by atoms with E-state index in [-0.39, 0.29) is 0 Å². The molecular formula is C15H25N3. The summed E-state index contributed by atoms with van der Waals surface area (Å²) in [6, 6.07) is 4.34. The predicted molar refractivity (Wildman–Crippen MR) is 77.1 cm³/mol. The quantitative estimate of drug-likeness (QED) is 0.867. The minimum absolute atomic E-state index is 0.791. The Balaban J connectivity index is 2.02. The van der Waals surface area contributed by atoms with Crippen LogP contribution in [0.1, 0.15) is 31.9 Å². The van der Waals surface area contributed by atoms with Crippen molar-refractivity contribution in [1.29, 1.82) is 0 Å². The first-order valence-corrected chi connectivity index (χ1v) is 7.18. The van der Waals surface area contributed by atoms with Crippen LogP contribution in [-0.4, -0.2) is 31.2 Å². The zero-order valence-corrected chi connectivity index (χ0v) is 11.7. The number of nitrogens with one attached hydrogen (secondary N) is 1. The second-order valence-corrected chi connectivity index (χ2v) is 5.31. The van der Waals surface area contributed by atoms with Gasteiger partial charge in [0.1, 0.15) is 0 Å². The highest BCUT2D eigenvalue weighted by Gasteiger charge is 2.17. The number of rotatable bonds is 5. The maximum Gasteiger partial charge on any atom is 0.0399 e. The first-order valence-electron chi connectivity index (χ1n) is 7.18. The third kappa shape index (κ3) is 3.70. The van der Waals surface area contributed by atoms with E-state index in [4.69, 9.17) is 0 Å². The predicted octanol–water partition coefficient (Wildman–Crippen LogP) is 2.61. The normalized spacial score (nSPS) is 19.8. The molecule has 3 nitrogen and oxygen atoms in total. The molecule has 0 amide bonds. The van der Waals surface area contributed by atoms with Gasteiger partial charge in [-0.2, -0.15) is 0 Å². The van der Waals surface area contributed by atoms with E-state index in [1.165, 1.54) is 44.6 Å². The molecule has 1 fully saturated rings. The van der Waals surface area contributed by atoms with Crippen LogP contribution in [0.5, 0.6) is 0 Å². The summed E-state index contributed by atoms with van der Waals surface area (Å²) in [5, 5.41) is 3.51. The maximum atomic E-state index is 4.29. The number of nitrogens with zero attached hydrogens (tertiary/aromatic N) is 2. The topological polar surface area (TPSA) is 28.2 Å². The molecule has 1 aliphatic rings. The van der Waals surface area contributed by atoms with Gasteiger partial charge in [-0.05, 0) is 57.3 Å². The molecule has 1 atom stereocenters. The Morgan fingerprint density at radius 1 is 1.50 bits per heavy atom. The van der Waals surface area contributed by atoms with Gasteiger partial charge in [-0.15, -0.1) is 0 Å². The third-order valence-electron chi connectivity index (χ3n) is 3.62. The van der Waals surface area contributed by atoms with Crippen LogP contribution >= 0.6 is 0 Å². The second-order valence-electron chi connectivity index (χ2n) is 5.31. The monoisotopic (exact) mass is 247 g/mol. The molecule has 2 heterocycles. The number of hydrogen-bond acceptors (Lipinski definition) is 3. The van der Waals surface area contributed by atoms with Crippen molar-refractivity contribution in [1.82, 2.24) is 10.3 Å². The molecule has 18 heavy (non-hydrogen) atoms. The molecule has 0 bridgehead atoms. The van der Waals surface area contributed by atoms with Crippen molar-refractivity contribution in [2.24, 2.45) is 5.92 Å². The van der Waals surface area contributed by atoms with Crippen LogP contribution in [0.4, 0.5) is 5.69 Å². The van der Waals surface area contributed by atoms with Crippen molar-refractivity contribution in [3.8, 4) is 0 Å². The Morgan fingerprint density at radius 3 is 3.06 bits per heavy atom. The van der Waals surface area contributed by atoms with Gasteiger partial charge in [0, 0.05) is 30.7 Å². The highest BCUT2D eigenvalue weighted by Crippen LogP contribution is 2.19. The lowest BCUT2D eigenvalue weighted by molar-refractivity contribution is 0.376. The zero-order chi connectivity index (χ0) is 12.8. The summed E-state index contributed by atoms with van der Waals surface area (Å²) in [5.74, 6) is 0.791. The molecule has 0 saturated carbocycles. The van der Waals surface area contributed by atoms with Gasteiger partial charge in [0.15, 0.2) is 0 Å². The molecule has 1 aliphatic heterocycles. The van der Waals surface area contributed by atoms with Crippen LogP contribution in [0.3, 0.4) is 0 Å². The number of hydrogen-bond donors (Lipinski definition) is 1. The highest BCUT2D eigenvalue weighted by molar-refractivity contribution is 5.46. The Bertz CT molecular complexity index is 359. The molecular weight excluding hydrogens is 222 g/mol. The van der Waals surface area contributed by atoms with Crippen molar-refractivity contribution in [2.45, 2.75) is 33.1 Å². The van der Waals surface area contributed by atoms with Gasteiger partial charge < -0.3 is 10.2 Å². The minimum Gasteiger partial charge on any atom is -0.371 e. The summed E-state index contributed by atoms with van der Waals surface area (Å²) >= 11 is 0. The van der Waals surface area contributed by atoms with Gasteiger partial charge in [0.05, 0.1) is 0 Å². The number of aromatic nitrogens is 1. The van der Waals surface area contributed by atoms with E-state index in [2.05, 4.69) is 41.2 Å². The van der Waals surface area contributed by atoms with Crippen LogP contribution in [0.2, 0.25) is 0 Å². The largest absolute Gasteiger partial charge is 0.371 e. The average molecular weight is 247 g/mol. The van der Waals surface area contributed by atoms with Crippen LogP contribution < -0.4 is 10.2 Å². The molecule has 1 aromatic rings. The van der Waals surface area contributed by atoms with Crippen LogP contribution in [0.25, 0.3) is 0 Å². The number of pyridine rings is 1. The van der Waals surface area contributed by atoms with E-state index < -0.39 is 0 Å². The fourth-order valence-electron chi connectivity index (χ4n) is 2.71. The van der Waals surface area contributed by atoms with Crippen LogP contribution in [-0.2, 0) is 0 Å². The highest BCUT2D eigenvalue weighted by atomic mass is 15.1. The average Bonchev–Trinajstić information content (AvgIpc) is 2.39. The van der Waals surface area contributed by atoms with Crippen molar-refractivity contribution < 1.29 is 0 Å². The van der Waals surface area contributed by atoms with Crippen molar-refractivity contribution in [2.75, 3.05) is 31.1 Å². The lowest BCUT2D eigenvalue weighted by Crippen LogP contribution is -2.38. The molecule has 0 aliphatic carbocycles. The van der Waals surface area contributed by atoms with Crippen molar-refractivity contribution in [3.05, 3.63) is 24.0 Å². The standard InChI is InChI=1S/C15H25N3/c1-3-9-18(12-14-5-4-7-16-11-14)15-6-8-17-13(2)10-15/h6,8,10,14,16H,3-5,7,9,11-12H2,1-2H3. The molecule has 1 aromatic heterocycles. The summed E-state index contributed by atoms with van der Waals surface area (Å²) in [6.45, 7) is 8.99. The van der Waals surface area contributed by atoms with E-state index in [0.717, 1.165) is 18.2 Å². The fraction of sp³-hybridized carbons (Fsp3) is 0.667. The molecule has 100 valence electrons. The summed E-state index contributed by atoms with van der Waals surface area (Å²) in [4.78, 5) is 6.81. The molecule has 1 unspecified atom stereocenters. The van der Waals surface area contributed by atoms with E-state index in [0.29, 0.717) is 0 Å². The Labute approximate surface area is 111 Å². The third-order valence-corrected chi connectivity index (χ3v) is 3.62. The first kappa shape index (κ1) is 13.3. The lowest BCUT2D eigenvalue weighted by Gasteiger charge is -2.31. The minimum atomic E-state index is 0.791. The van der Waals surface area contributed by atoms with Crippen LogP contribution in [0.15, 0.2) is 18.3 Å². The molecule has 1 saturated heterocycles. The van der Waals surface area contributed by atoms with Gasteiger partial charge in [-0.1, -0.05) is 6.92 Å². The smallest absolute Gasteiger partial charge is 0.0399 e. The molecule has 1 N–H and O–H groups in total. The summed E-state index contributed by atoms with van der Waals surface area (Å²) in [7, 11) is 0. The number of anilines is 1. The maximum absolute atomic E-state index is 4.29. The van der Waals surface area contributed by atoms with E-state index in [1.54, 1.807) is 0 Å². The van der Waals surface area contributed by atoms with Crippen molar-refractivity contribution >= 4 is 5.69 Å². The lowest BCUT2D eigenvalue weighted by atomic mass is 9.98. The van der Waals surface area contributed by atoms with E-state index in [1.807, 2.05) is 6.20 Å². The zero-order valence-electron chi connectivity index (χ0n) is 11.7. The molecule has 2 rings (SSSR count). The fourth-order valence-corrected chi connectivity index (χ4v) is 2.71. The summed E-state index contributed by atoms with van der Waals surface area (Å²) in [6.07, 6.45) is 5.80. The summed E-state index contributed by atoms with van der Waals surface area (Å²) in [5.41, 5.74) is 2.44. The second kappa shape index (κ2) is 6.74. The molecule has 0 spiro atoms. The number of piperidine rings is 1. The summed E-state index contributed by atoms with van der Waals surface area (Å²) < 4.78 is 0. The van der Waals surface area contributed by atoms with Gasteiger partial charge in [0.2, 0.25) is 0 Å². The first-order chi connectivity index (χ1) is 8.79. The Kier molecular flexibility index (Phi) is 5.00. The Hall–Kier alpha value is -1.09. The van der Waals surface area contributed by atoms with E-state index in [9.17, 15) is 0 Å². The molecule has 0 aromatic carbocycles. The van der Waals surface area contributed by atoms with Gasteiger partial charge in [-0.25, -0.2) is 0 Å². The number of aryl methyl sites for hydroxylation is 1. The SMILES string of the molecule is CCCN(CC1CCCNC1)c1ccnc(C)c1. The molecule has 0 radical (unpaired) electrons. The Morgan fingerprint density at radius 2 is 2.39 bits per heavy atom.